The number of carbonyl (C=O) groups is 2. The molecule has 1 unspecified atom stereocenters. The molecule has 1 saturated heterocycles. The first-order valence-electron chi connectivity index (χ1n) is 16.2. The minimum atomic E-state index is -0.793. The van der Waals surface area contributed by atoms with Crippen LogP contribution in [0.15, 0.2) is 144 Å². The number of rotatable bonds is 8. The molecule has 1 fully saturated rings. The second-order valence-corrected chi connectivity index (χ2v) is 12.8. The predicted octanol–water partition coefficient (Wildman–Crippen LogP) is 8.17. The monoisotopic (exact) mass is 698 g/mol. The maximum absolute atomic E-state index is 13.6. The van der Waals surface area contributed by atoms with Gasteiger partial charge in [0, 0.05) is 30.1 Å². The summed E-state index contributed by atoms with van der Waals surface area (Å²) in [6.45, 7) is 1.22. The van der Waals surface area contributed by atoms with Crippen LogP contribution in [0.3, 0.4) is 0 Å². The molecule has 1 atom stereocenters. The van der Waals surface area contributed by atoms with Gasteiger partial charge in [-0.1, -0.05) is 121 Å². The molecule has 8 heteroatoms. The van der Waals surface area contributed by atoms with Crippen molar-refractivity contribution in [3.63, 3.8) is 0 Å². The van der Waals surface area contributed by atoms with Gasteiger partial charge in [0.25, 0.3) is 5.91 Å². The van der Waals surface area contributed by atoms with Crippen LogP contribution in [-0.2, 0) is 16.9 Å². The number of carbonyl (C=O) groups excluding carboxylic acids is 2. The van der Waals surface area contributed by atoms with E-state index in [9.17, 15) is 9.59 Å². The first-order valence-corrected chi connectivity index (χ1v) is 16.9. The highest BCUT2D eigenvalue weighted by molar-refractivity contribution is 9.10. The van der Waals surface area contributed by atoms with Crippen LogP contribution in [0.2, 0.25) is 0 Å². The Bertz CT molecular complexity index is 1920. The van der Waals surface area contributed by atoms with E-state index < -0.39 is 5.54 Å². The van der Waals surface area contributed by atoms with Crippen LogP contribution in [0.5, 0.6) is 0 Å². The van der Waals surface area contributed by atoms with Crippen LogP contribution in [-0.4, -0.2) is 45.8 Å². The van der Waals surface area contributed by atoms with E-state index in [1.807, 2.05) is 66.7 Å². The molecule has 1 aliphatic heterocycles. The van der Waals surface area contributed by atoms with Crippen molar-refractivity contribution in [2.24, 2.45) is 0 Å². The summed E-state index contributed by atoms with van der Waals surface area (Å²) in [4.78, 5) is 28.1. The lowest BCUT2D eigenvalue weighted by atomic mass is 9.77. The van der Waals surface area contributed by atoms with Crippen molar-refractivity contribution >= 4 is 38.8 Å². The molecule has 0 radical (unpaired) electrons. The van der Waals surface area contributed by atoms with Gasteiger partial charge >= 0.3 is 6.09 Å². The van der Waals surface area contributed by atoms with E-state index in [1.165, 1.54) is 0 Å². The molecule has 7 rings (SSSR count). The maximum atomic E-state index is 13.6. The van der Waals surface area contributed by atoms with Gasteiger partial charge in [-0.3, -0.25) is 4.79 Å². The zero-order valence-electron chi connectivity index (χ0n) is 26.3. The van der Waals surface area contributed by atoms with Gasteiger partial charge in [0.1, 0.15) is 16.7 Å². The Morgan fingerprint density at radius 3 is 1.94 bits per heavy atom. The number of hydrogen-bond donors (Lipinski definition) is 1. The molecule has 0 saturated carbocycles. The third-order valence-corrected chi connectivity index (χ3v) is 9.60. The number of ether oxygens (including phenoxy) is 1. The molecule has 1 aliphatic rings. The number of piperidine rings is 1. The average Bonchev–Trinajstić information content (AvgIpc) is 3.48. The van der Waals surface area contributed by atoms with Crippen molar-refractivity contribution in [3.8, 4) is 0 Å². The number of benzene rings is 5. The number of nitrogens with one attached hydrogen (secondary N) is 1. The minimum absolute atomic E-state index is 0.181. The fourth-order valence-electron chi connectivity index (χ4n) is 6.72. The van der Waals surface area contributed by atoms with Gasteiger partial charge in [-0.05, 0) is 69.2 Å². The van der Waals surface area contributed by atoms with Crippen LogP contribution < -0.4 is 5.32 Å². The lowest BCUT2D eigenvalue weighted by molar-refractivity contribution is 0.0770. The number of halogens is 1. The first kappa shape index (κ1) is 31.4. The van der Waals surface area contributed by atoms with Crippen LogP contribution in [0.25, 0.3) is 10.9 Å². The van der Waals surface area contributed by atoms with Crippen molar-refractivity contribution in [1.29, 1.82) is 0 Å². The van der Waals surface area contributed by atoms with Gasteiger partial charge in [-0.2, -0.15) is 5.10 Å². The molecular weight excluding hydrogens is 664 g/mol. The Kier molecular flexibility index (Phi) is 9.07. The van der Waals surface area contributed by atoms with Crippen molar-refractivity contribution in [2.45, 2.75) is 31.0 Å². The number of nitrogens with zero attached hydrogens (tertiary/aromatic N) is 3. The summed E-state index contributed by atoms with van der Waals surface area (Å²) < 4.78 is 8.26. The summed E-state index contributed by atoms with van der Waals surface area (Å²) in [5.74, 6) is -0.193. The third kappa shape index (κ3) is 6.11. The van der Waals surface area contributed by atoms with E-state index in [-0.39, 0.29) is 24.6 Å². The Labute approximate surface area is 288 Å². The molecular formula is C40H35BrN4O3. The van der Waals surface area contributed by atoms with E-state index >= 15 is 0 Å². The van der Waals surface area contributed by atoms with Crippen molar-refractivity contribution in [2.75, 3.05) is 13.1 Å². The molecule has 2 amide bonds. The molecule has 0 spiro atoms. The summed E-state index contributed by atoms with van der Waals surface area (Å²) in [6.07, 6.45) is 1.20. The highest BCUT2D eigenvalue weighted by Gasteiger charge is 2.41. The lowest BCUT2D eigenvalue weighted by Gasteiger charge is -2.37. The molecule has 5 aromatic carbocycles. The molecule has 1 N–H and O–H groups in total. The van der Waals surface area contributed by atoms with Crippen LogP contribution >= 0.6 is 15.9 Å². The Morgan fingerprint density at radius 2 is 1.35 bits per heavy atom. The molecule has 0 aliphatic carbocycles. The first-order chi connectivity index (χ1) is 23.5. The second-order valence-electron chi connectivity index (χ2n) is 12.0. The predicted molar refractivity (Wildman–Crippen MR) is 191 cm³/mol. The number of likely N-dealkylation sites (tertiary alicyclic amines) is 1. The summed E-state index contributed by atoms with van der Waals surface area (Å²) >= 11 is 3.74. The van der Waals surface area contributed by atoms with Crippen molar-refractivity contribution < 1.29 is 14.3 Å². The Hall–Kier alpha value is -5.21. The summed E-state index contributed by atoms with van der Waals surface area (Å²) in [6, 6.07) is 46.3. The molecule has 1 aromatic heterocycles. The smallest absolute Gasteiger partial charge is 0.410 e. The normalized spacial score (nSPS) is 14.9. The summed E-state index contributed by atoms with van der Waals surface area (Å²) in [5, 5.41) is 9.11. The van der Waals surface area contributed by atoms with Crippen LogP contribution in [0.4, 0.5) is 4.79 Å². The fourth-order valence-corrected chi connectivity index (χ4v) is 7.20. The Balaban J connectivity index is 1.18. The molecule has 240 valence electrons. The van der Waals surface area contributed by atoms with E-state index in [0.717, 1.165) is 46.0 Å². The van der Waals surface area contributed by atoms with E-state index in [2.05, 4.69) is 98.7 Å². The minimum Gasteiger partial charge on any atom is -0.445 e. The molecule has 7 nitrogen and oxygen atoms in total. The average molecular weight is 700 g/mol. The van der Waals surface area contributed by atoms with E-state index in [4.69, 9.17) is 9.84 Å². The molecule has 2 heterocycles. The SMILES string of the molecule is O=C(NC1CCCN(C(=O)OCc2ccccc2)C1)c1ccc2c(c1)c(Br)nn2C(c1ccccc1)(c1ccccc1)c1ccccc1. The summed E-state index contributed by atoms with van der Waals surface area (Å²) in [7, 11) is 0. The fraction of sp³-hybridized carbons (Fsp3) is 0.175. The van der Waals surface area contributed by atoms with Gasteiger partial charge < -0.3 is 15.0 Å². The molecule has 0 bridgehead atoms. The van der Waals surface area contributed by atoms with Crippen LogP contribution in [0.1, 0.15) is 45.5 Å². The lowest BCUT2D eigenvalue weighted by Crippen LogP contribution is -2.49. The number of fused-ring (bicyclic) bond motifs is 1. The van der Waals surface area contributed by atoms with Gasteiger partial charge in [0.05, 0.1) is 5.52 Å². The van der Waals surface area contributed by atoms with Crippen molar-refractivity contribution in [1.82, 2.24) is 20.0 Å². The summed E-state index contributed by atoms with van der Waals surface area (Å²) in [5.41, 5.74) is 4.72. The third-order valence-electron chi connectivity index (χ3n) is 9.01. The van der Waals surface area contributed by atoms with E-state index in [1.54, 1.807) is 4.90 Å². The van der Waals surface area contributed by atoms with Gasteiger partial charge in [0.2, 0.25) is 0 Å². The largest absolute Gasteiger partial charge is 0.445 e. The van der Waals surface area contributed by atoms with Gasteiger partial charge in [0.15, 0.2) is 0 Å². The number of hydrogen-bond acceptors (Lipinski definition) is 4. The molecule has 6 aromatic rings. The van der Waals surface area contributed by atoms with Crippen molar-refractivity contribution in [3.05, 3.63) is 172 Å². The number of amides is 2. The topological polar surface area (TPSA) is 76.5 Å². The zero-order chi connectivity index (χ0) is 32.9. The van der Waals surface area contributed by atoms with Gasteiger partial charge in [-0.25, -0.2) is 9.48 Å². The highest BCUT2D eigenvalue weighted by Crippen LogP contribution is 2.43. The highest BCUT2D eigenvalue weighted by atomic mass is 79.9. The van der Waals surface area contributed by atoms with E-state index in [0.29, 0.717) is 23.3 Å². The van der Waals surface area contributed by atoms with Crippen LogP contribution in [0, 0.1) is 0 Å². The molecule has 48 heavy (non-hydrogen) atoms. The quantitative estimate of drug-likeness (QED) is 0.163. The van der Waals surface area contributed by atoms with Gasteiger partial charge in [-0.15, -0.1) is 0 Å². The standard InChI is InChI=1S/C40H35BrN4O3/c41-37-35-26-30(38(46)42-34-22-13-25-44(27-34)39(47)48-28-29-14-5-1-6-15-29)23-24-36(35)45(43-37)40(31-16-7-2-8-17-31,32-18-9-3-10-19-32)33-20-11-4-12-21-33/h1-12,14-21,23-24,26,34H,13,22,25,27-28H2,(H,42,46). The second kappa shape index (κ2) is 13.9. The maximum Gasteiger partial charge on any atom is 0.410 e. The Morgan fingerprint density at radius 1 is 0.792 bits per heavy atom. The zero-order valence-corrected chi connectivity index (χ0v) is 27.9. The number of aromatic nitrogens is 2.